The van der Waals surface area contributed by atoms with Crippen LogP contribution in [0, 0.1) is 0 Å². The molecule has 0 bridgehead atoms. The van der Waals surface area contributed by atoms with Crippen LogP contribution in [0.1, 0.15) is 23.7 Å². The summed E-state index contributed by atoms with van der Waals surface area (Å²) in [7, 11) is 1.96. The van der Waals surface area contributed by atoms with Gasteiger partial charge >= 0.3 is 0 Å². The molecule has 0 unspecified atom stereocenters. The van der Waals surface area contributed by atoms with Crippen LogP contribution in [0.15, 0.2) is 28.9 Å². The summed E-state index contributed by atoms with van der Waals surface area (Å²) < 4.78 is 2.80. The quantitative estimate of drug-likeness (QED) is 0.898. The van der Waals surface area contributed by atoms with Crippen molar-refractivity contribution in [3.05, 3.63) is 50.7 Å². The van der Waals surface area contributed by atoms with Crippen LogP contribution in [0.5, 0.6) is 0 Å². The molecule has 5 heteroatoms. The standard InChI is InChI=1S/C14H17BrClN3/c1-3-14-11(9-19(2)18-14)8-17-7-10-4-5-13(16)12(15)6-10/h4-6,9,17H,3,7-8H2,1-2H3. The average molecular weight is 343 g/mol. The molecule has 0 saturated carbocycles. The second kappa shape index (κ2) is 6.55. The lowest BCUT2D eigenvalue weighted by Gasteiger charge is -2.06. The predicted molar refractivity (Wildman–Crippen MR) is 82.3 cm³/mol. The Morgan fingerprint density at radius 3 is 2.84 bits per heavy atom. The Morgan fingerprint density at radius 1 is 1.37 bits per heavy atom. The monoisotopic (exact) mass is 341 g/mol. The van der Waals surface area contributed by atoms with Gasteiger partial charge in [0.15, 0.2) is 0 Å². The van der Waals surface area contributed by atoms with E-state index in [1.165, 1.54) is 11.1 Å². The third kappa shape index (κ3) is 3.81. The highest BCUT2D eigenvalue weighted by atomic mass is 79.9. The van der Waals surface area contributed by atoms with Gasteiger partial charge in [0.1, 0.15) is 0 Å². The van der Waals surface area contributed by atoms with Crippen molar-refractivity contribution in [1.82, 2.24) is 15.1 Å². The van der Waals surface area contributed by atoms with Crippen LogP contribution in [-0.4, -0.2) is 9.78 Å². The fourth-order valence-electron chi connectivity index (χ4n) is 2.02. The molecule has 1 aromatic heterocycles. The molecule has 0 radical (unpaired) electrons. The van der Waals surface area contributed by atoms with Crippen molar-refractivity contribution in [3.63, 3.8) is 0 Å². The zero-order chi connectivity index (χ0) is 13.8. The Morgan fingerprint density at radius 2 is 2.16 bits per heavy atom. The van der Waals surface area contributed by atoms with Crippen LogP contribution in [0.25, 0.3) is 0 Å². The Labute approximate surface area is 127 Å². The van der Waals surface area contributed by atoms with Gasteiger partial charge in [-0.3, -0.25) is 4.68 Å². The van der Waals surface area contributed by atoms with Gasteiger partial charge in [-0.1, -0.05) is 24.6 Å². The number of nitrogens with one attached hydrogen (secondary N) is 1. The number of aryl methyl sites for hydroxylation is 2. The van der Waals surface area contributed by atoms with E-state index in [0.29, 0.717) is 0 Å². The van der Waals surface area contributed by atoms with E-state index in [4.69, 9.17) is 11.6 Å². The predicted octanol–water partition coefficient (Wildman–Crippen LogP) is 3.69. The van der Waals surface area contributed by atoms with Crippen LogP contribution in [0.2, 0.25) is 5.02 Å². The fraction of sp³-hybridized carbons (Fsp3) is 0.357. The number of hydrogen-bond donors (Lipinski definition) is 1. The first-order valence-corrected chi connectivity index (χ1v) is 7.43. The van der Waals surface area contributed by atoms with Crippen LogP contribution in [-0.2, 0) is 26.6 Å². The molecule has 0 aliphatic heterocycles. The lowest BCUT2D eigenvalue weighted by Crippen LogP contribution is -2.13. The van der Waals surface area contributed by atoms with Crippen LogP contribution in [0.4, 0.5) is 0 Å². The van der Waals surface area contributed by atoms with E-state index in [0.717, 1.165) is 34.7 Å². The summed E-state index contributed by atoms with van der Waals surface area (Å²) in [5, 5.41) is 8.61. The average Bonchev–Trinajstić information content (AvgIpc) is 2.74. The Balaban J connectivity index is 1.94. The van der Waals surface area contributed by atoms with Gasteiger partial charge in [-0.25, -0.2) is 0 Å². The molecule has 1 N–H and O–H groups in total. The van der Waals surface area contributed by atoms with Gasteiger partial charge in [0, 0.05) is 36.4 Å². The van der Waals surface area contributed by atoms with Gasteiger partial charge in [-0.05, 0) is 40.0 Å². The molecule has 0 amide bonds. The Kier molecular flexibility index (Phi) is 5.02. The molecule has 0 saturated heterocycles. The fourth-order valence-corrected chi connectivity index (χ4v) is 2.56. The van der Waals surface area contributed by atoms with Crippen molar-refractivity contribution in [2.75, 3.05) is 0 Å². The third-order valence-electron chi connectivity index (χ3n) is 2.96. The summed E-state index contributed by atoms with van der Waals surface area (Å²) in [6.07, 6.45) is 3.04. The smallest absolute Gasteiger partial charge is 0.0666 e. The van der Waals surface area contributed by atoms with E-state index >= 15 is 0 Å². The van der Waals surface area contributed by atoms with Crippen LogP contribution in [0.3, 0.4) is 0 Å². The van der Waals surface area contributed by atoms with Crippen LogP contribution < -0.4 is 5.32 Å². The number of halogens is 2. The first-order valence-electron chi connectivity index (χ1n) is 6.26. The van der Waals surface area contributed by atoms with Crippen LogP contribution >= 0.6 is 27.5 Å². The van der Waals surface area contributed by atoms with E-state index in [1.807, 2.05) is 29.9 Å². The normalized spacial score (nSPS) is 10.9. The van der Waals surface area contributed by atoms with Crippen molar-refractivity contribution in [3.8, 4) is 0 Å². The summed E-state index contributed by atoms with van der Waals surface area (Å²) in [6.45, 7) is 3.77. The van der Waals surface area contributed by atoms with Gasteiger partial charge < -0.3 is 5.32 Å². The SMILES string of the molecule is CCc1nn(C)cc1CNCc1ccc(Cl)c(Br)c1. The zero-order valence-electron chi connectivity index (χ0n) is 11.1. The number of nitrogens with zero attached hydrogens (tertiary/aromatic N) is 2. The molecule has 0 atom stereocenters. The maximum Gasteiger partial charge on any atom is 0.0666 e. The van der Waals surface area contributed by atoms with Crippen molar-refractivity contribution >= 4 is 27.5 Å². The van der Waals surface area contributed by atoms with Gasteiger partial charge in [0.05, 0.1) is 10.7 Å². The Hall–Kier alpha value is -0.840. The topological polar surface area (TPSA) is 29.9 Å². The third-order valence-corrected chi connectivity index (χ3v) is 4.17. The summed E-state index contributed by atoms with van der Waals surface area (Å²) >= 11 is 9.41. The van der Waals surface area contributed by atoms with Crippen molar-refractivity contribution in [1.29, 1.82) is 0 Å². The highest BCUT2D eigenvalue weighted by molar-refractivity contribution is 9.10. The summed E-state index contributed by atoms with van der Waals surface area (Å²) in [5.41, 5.74) is 3.63. The van der Waals surface area contributed by atoms with E-state index in [-0.39, 0.29) is 0 Å². The van der Waals surface area contributed by atoms with Crippen molar-refractivity contribution in [2.24, 2.45) is 7.05 Å². The largest absolute Gasteiger partial charge is 0.308 e. The Bertz CT molecular complexity index is 566. The van der Waals surface area contributed by atoms with E-state index in [2.05, 4.69) is 39.5 Å². The summed E-state index contributed by atoms with van der Waals surface area (Å²) in [5.74, 6) is 0. The van der Waals surface area contributed by atoms with E-state index in [9.17, 15) is 0 Å². The molecule has 2 rings (SSSR count). The molecule has 1 heterocycles. The maximum absolute atomic E-state index is 5.97. The minimum absolute atomic E-state index is 0.740. The van der Waals surface area contributed by atoms with Gasteiger partial charge in [-0.2, -0.15) is 5.10 Å². The minimum atomic E-state index is 0.740. The number of hydrogen-bond acceptors (Lipinski definition) is 2. The molecular formula is C14H17BrClN3. The summed E-state index contributed by atoms with van der Waals surface area (Å²) in [4.78, 5) is 0. The first-order chi connectivity index (χ1) is 9.10. The van der Waals surface area contributed by atoms with Gasteiger partial charge in [0.25, 0.3) is 0 Å². The lowest BCUT2D eigenvalue weighted by molar-refractivity contribution is 0.688. The number of rotatable bonds is 5. The molecule has 1 aromatic carbocycles. The van der Waals surface area contributed by atoms with Gasteiger partial charge in [-0.15, -0.1) is 0 Å². The molecular weight excluding hydrogens is 326 g/mol. The summed E-state index contributed by atoms with van der Waals surface area (Å²) in [6, 6.07) is 5.98. The number of aromatic nitrogens is 2. The molecule has 3 nitrogen and oxygen atoms in total. The highest BCUT2D eigenvalue weighted by Crippen LogP contribution is 2.23. The van der Waals surface area contributed by atoms with Crippen molar-refractivity contribution in [2.45, 2.75) is 26.4 Å². The molecule has 0 aliphatic rings. The molecule has 0 fully saturated rings. The lowest BCUT2D eigenvalue weighted by atomic mass is 10.2. The molecule has 102 valence electrons. The van der Waals surface area contributed by atoms with E-state index < -0.39 is 0 Å². The maximum atomic E-state index is 5.97. The minimum Gasteiger partial charge on any atom is -0.308 e. The molecule has 2 aromatic rings. The molecule has 0 aliphatic carbocycles. The van der Waals surface area contributed by atoms with E-state index in [1.54, 1.807) is 0 Å². The zero-order valence-corrected chi connectivity index (χ0v) is 13.4. The van der Waals surface area contributed by atoms with Gasteiger partial charge in [0.2, 0.25) is 0 Å². The molecule has 0 spiro atoms. The van der Waals surface area contributed by atoms with Crippen molar-refractivity contribution < 1.29 is 0 Å². The first kappa shape index (κ1) is 14.6. The second-order valence-corrected chi connectivity index (χ2v) is 5.74. The second-order valence-electron chi connectivity index (χ2n) is 4.48. The molecule has 19 heavy (non-hydrogen) atoms. The highest BCUT2D eigenvalue weighted by Gasteiger charge is 2.05. The number of benzene rings is 1.